The minimum atomic E-state index is 0.933. The Kier molecular flexibility index (Phi) is 1.18. The zero-order valence-corrected chi connectivity index (χ0v) is 6.70. The Morgan fingerprint density at radius 3 is 3.20 bits per heavy atom. The summed E-state index contributed by atoms with van der Waals surface area (Å²) in [4.78, 5) is 3.08. The highest BCUT2D eigenvalue weighted by Crippen LogP contribution is 2.13. The van der Waals surface area contributed by atoms with Crippen LogP contribution in [0, 0.1) is 12.1 Å². The third-order valence-corrected chi connectivity index (χ3v) is 1.79. The van der Waals surface area contributed by atoms with Crippen molar-refractivity contribution in [3.8, 4) is 0 Å². The first-order valence-corrected chi connectivity index (χ1v) is 3.72. The van der Waals surface area contributed by atoms with Crippen molar-refractivity contribution in [1.29, 1.82) is 0 Å². The van der Waals surface area contributed by atoms with Gasteiger partial charge in [-0.1, -0.05) is 12.1 Å². The molecule has 48 valence electrons. The van der Waals surface area contributed by atoms with Crippen LogP contribution in [-0.4, -0.2) is 4.98 Å². The van der Waals surface area contributed by atoms with E-state index in [1.165, 1.54) is 0 Å². The van der Waals surface area contributed by atoms with Crippen molar-refractivity contribution >= 4 is 26.8 Å². The first-order valence-electron chi connectivity index (χ1n) is 2.93. The molecule has 1 heterocycles. The highest BCUT2D eigenvalue weighted by Gasteiger charge is 1.90. The summed E-state index contributed by atoms with van der Waals surface area (Å²) in [6, 6.07) is 9.88. The Morgan fingerprint density at radius 2 is 2.30 bits per heavy atom. The zero-order valence-electron chi connectivity index (χ0n) is 5.11. The average molecular weight is 194 g/mol. The molecule has 0 amide bonds. The van der Waals surface area contributed by atoms with Gasteiger partial charge in [0.2, 0.25) is 0 Å². The monoisotopic (exact) mass is 193 g/mol. The van der Waals surface area contributed by atoms with Gasteiger partial charge in [0, 0.05) is 11.6 Å². The normalized spacial score (nSPS) is 9.70. The average Bonchev–Trinajstić information content (AvgIpc) is 2.33. The second-order valence-electron chi connectivity index (χ2n) is 2.05. The van der Waals surface area contributed by atoms with Crippen LogP contribution in [0.2, 0.25) is 0 Å². The van der Waals surface area contributed by atoms with Gasteiger partial charge in [0.1, 0.15) is 0 Å². The topological polar surface area (TPSA) is 15.8 Å². The van der Waals surface area contributed by atoms with E-state index in [-0.39, 0.29) is 0 Å². The third kappa shape index (κ3) is 0.795. The molecule has 1 aromatic heterocycles. The van der Waals surface area contributed by atoms with E-state index in [0.717, 1.165) is 15.4 Å². The highest BCUT2D eigenvalue weighted by molar-refractivity contribution is 9.10. The van der Waals surface area contributed by atoms with Gasteiger partial charge in [-0.05, 0) is 28.1 Å². The van der Waals surface area contributed by atoms with Gasteiger partial charge < -0.3 is 4.98 Å². The predicted octanol–water partition coefficient (Wildman–Crippen LogP) is 2.53. The molecule has 10 heavy (non-hydrogen) atoms. The summed E-state index contributed by atoms with van der Waals surface area (Å²) in [5.74, 6) is 0. The number of rotatable bonds is 0. The van der Waals surface area contributed by atoms with Crippen molar-refractivity contribution in [2.75, 3.05) is 0 Å². The van der Waals surface area contributed by atoms with Gasteiger partial charge in [-0.25, -0.2) is 0 Å². The SMILES string of the molecule is Brc1c#cc2cc[nH]c2c1. The standard InChI is InChI=1S/C8H4BrN/c9-7-2-1-6-3-4-10-8(6)5-7/h3-5,10H. The zero-order chi connectivity index (χ0) is 6.97. The molecule has 0 aliphatic carbocycles. The Hall–Kier alpha value is -0.940. The number of nitrogens with one attached hydrogen (secondary N) is 1. The van der Waals surface area contributed by atoms with Crippen LogP contribution in [0.15, 0.2) is 22.8 Å². The number of aromatic amines is 1. The molecule has 0 saturated carbocycles. The van der Waals surface area contributed by atoms with E-state index in [2.05, 4.69) is 33.0 Å². The molecule has 2 heteroatoms. The smallest absolute Gasteiger partial charge is 0.0698 e. The molecule has 2 aromatic rings. The lowest BCUT2D eigenvalue weighted by atomic mass is 10.3. The predicted molar refractivity (Wildman–Crippen MR) is 43.7 cm³/mol. The van der Waals surface area contributed by atoms with E-state index in [4.69, 9.17) is 0 Å². The maximum Gasteiger partial charge on any atom is 0.0698 e. The molecule has 2 rings (SSSR count). The molecule has 1 N–H and O–H groups in total. The summed E-state index contributed by atoms with van der Waals surface area (Å²) in [6.07, 6.45) is 1.89. The summed E-state index contributed by atoms with van der Waals surface area (Å²) < 4.78 is 0.933. The van der Waals surface area contributed by atoms with Crippen LogP contribution in [-0.2, 0) is 0 Å². The van der Waals surface area contributed by atoms with Crippen molar-refractivity contribution in [1.82, 2.24) is 4.98 Å². The van der Waals surface area contributed by atoms with E-state index in [9.17, 15) is 0 Å². The summed E-state index contributed by atoms with van der Waals surface area (Å²) >= 11 is 3.31. The van der Waals surface area contributed by atoms with E-state index in [1.807, 2.05) is 18.3 Å². The van der Waals surface area contributed by atoms with Crippen LogP contribution in [0.5, 0.6) is 0 Å². The van der Waals surface area contributed by atoms with Crippen LogP contribution in [0.4, 0.5) is 0 Å². The molecule has 1 nitrogen and oxygen atoms in total. The quantitative estimate of drug-likeness (QED) is 0.663. The Balaban J connectivity index is 2.86. The van der Waals surface area contributed by atoms with Crippen LogP contribution >= 0.6 is 15.9 Å². The Bertz CT molecular complexity index is 351. The lowest BCUT2D eigenvalue weighted by Gasteiger charge is -1.82. The largest absolute Gasteiger partial charge is 0.361 e. The second-order valence-corrected chi connectivity index (χ2v) is 2.90. The van der Waals surface area contributed by atoms with E-state index < -0.39 is 0 Å². The third-order valence-electron chi connectivity index (χ3n) is 1.37. The number of H-pyrrole nitrogens is 1. The fourth-order valence-electron chi connectivity index (χ4n) is 0.901. The van der Waals surface area contributed by atoms with Crippen LogP contribution in [0.3, 0.4) is 0 Å². The summed E-state index contributed by atoms with van der Waals surface area (Å²) in [6.45, 7) is 0. The highest BCUT2D eigenvalue weighted by atomic mass is 79.9. The molecular formula is C8H4BrN. The molecular weight excluding hydrogens is 190 g/mol. The van der Waals surface area contributed by atoms with Crippen molar-refractivity contribution < 1.29 is 0 Å². The summed E-state index contributed by atoms with van der Waals surface area (Å²) in [7, 11) is 0. The number of hydrogen-bond acceptors (Lipinski definition) is 0. The molecule has 0 saturated heterocycles. The number of aromatic nitrogens is 1. The number of halogens is 1. The molecule has 1 aromatic carbocycles. The number of hydrogen-bond donors (Lipinski definition) is 1. The van der Waals surface area contributed by atoms with Gasteiger partial charge in [0.25, 0.3) is 0 Å². The van der Waals surface area contributed by atoms with E-state index in [0.29, 0.717) is 0 Å². The first-order chi connectivity index (χ1) is 4.86. The molecule has 0 radical (unpaired) electrons. The van der Waals surface area contributed by atoms with Gasteiger partial charge in [-0.3, -0.25) is 0 Å². The summed E-state index contributed by atoms with van der Waals surface area (Å²) in [5, 5.41) is 1.07. The molecule has 0 unspecified atom stereocenters. The fourth-order valence-corrected chi connectivity index (χ4v) is 1.23. The van der Waals surface area contributed by atoms with Crippen molar-refractivity contribution in [2.45, 2.75) is 0 Å². The molecule has 0 aliphatic heterocycles. The Morgan fingerprint density at radius 1 is 1.40 bits per heavy atom. The molecule has 0 aliphatic rings. The van der Waals surface area contributed by atoms with E-state index in [1.54, 1.807) is 0 Å². The maximum absolute atomic E-state index is 3.31. The molecule has 0 atom stereocenters. The van der Waals surface area contributed by atoms with Crippen LogP contribution < -0.4 is 0 Å². The van der Waals surface area contributed by atoms with Gasteiger partial charge in [0.15, 0.2) is 0 Å². The summed E-state index contributed by atoms with van der Waals surface area (Å²) in [5.41, 5.74) is 1.09. The van der Waals surface area contributed by atoms with Gasteiger partial charge >= 0.3 is 0 Å². The van der Waals surface area contributed by atoms with E-state index >= 15 is 0 Å². The Labute approximate surface area is 67.2 Å². The molecule has 0 fully saturated rings. The fraction of sp³-hybridized carbons (Fsp3) is 0. The van der Waals surface area contributed by atoms with Crippen LogP contribution in [0.25, 0.3) is 10.9 Å². The minimum Gasteiger partial charge on any atom is -0.361 e. The van der Waals surface area contributed by atoms with Gasteiger partial charge in [0.05, 0.1) is 9.99 Å². The number of fused-ring (bicyclic) bond motifs is 1. The minimum absolute atomic E-state index is 0.933. The molecule has 0 bridgehead atoms. The molecule has 0 spiro atoms. The van der Waals surface area contributed by atoms with Crippen molar-refractivity contribution in [2.24, 2.45) is 0 Å². The van der Waals surface area contributed by atoms with Gasteiger partial charge in [-0.15, -0.1) is 0 Å². The van der Waals surface area contributed by atoms with Crippen molar-refractivity contribution in [3.05, 3.63) is 34.9 Å². The van der Waals surface area contributed by atoms with Crippen LogP contribution in [0.1, 0.15) is 0 Å². The van der Waals surface area contributed by atoms with Gasteiger partial charge in [-0.2, -0.15) is 0 Å². The van der Waals surface area contributed by atoms with Crippen molar-refractivity contribution in [3.63, 3.8) is 0 Å². The lowest BCUT2D eigenvalue weighted by Crippen LogP contribution is -1.63. The first kappa shape index (κ1) is 5.82. The maximum atomic E-state index is 3.31. The second kappa shape index (κ2) is 2.03. The lowest BCUT2D eigenvalue weighted by molar-refractivity contribution is 1.47.